The van der Waals surface area contributed by atoms with E-state index in [4.69, 9.17) is 4.98 Å². The van der Waals surface area contributed by atoms with E-state index in [0.29, 0.717) is 6.04 Å². The van der Waals surface area contributed by atoms with Crippen molar-refractivity contribution in [3.05, 3.63) is 29.8 Å². The zero-order chi connectivity index (χ0) is 19.5. The Morgan fingerprint density at radius 2 is 1.93 bits per heavy atom. The number of nitrogens with one attached hydrogen (secondary N) is 1. The van der Waals surface area contributed by atoms with Crippen LogP contribution in [0.5, 0.6) is 0 Å². The first-order chi connectivity index (χ1) is 13.6. The first-order valence-corrected chi connectivity index (χ1v) is 11.6. The molecule has 1 saturated heterocycles. The van der Waals surface area contributed by atoms with Crippen molar-refractivity contribution in [1.29, 1.82) is 0 Å². The smallest absolute Gasteiger partial charge is 0.219 e. The maximum Gasteiger partial charge on any atom is 0.219 e. The predicted octanol–water partition coefficient (Wildman–Crippen LogP) is 3.66. The molecule has 6 heteroatoms. The lowest BCUT2D eigenvalue weighted by Crippen LogP contribution is -2.48. The minimum atomic E-state index is 0.166. The van der Waals surface area contributed by atoms with Crippen LogP contribution >= 0.6 is 11.8 Å². The molecule has 0 spiro atoms. The number of hydrogen-bond donors (Lipinski definition) is 1. The van der Waals surface area contributed by atoms with Crippen LogP contribution in [-0.2, 0) is 11.3 Å². The summed E-state index contributed by atoms with van der Waals surface area (Å²) in [4.78, 5) is 22.3. The molecule has 1 N–H and O–H groups in total. The average molecular weight is 399 g/mol. The van der Waals surface area contributed by atoms with E-state index in [2.05, 4.69) is 40.7 Å². The summed E-state index contributed by atoms with van der Waals surface area (Å²) in [6.45, 7) is 5.75. The van der Waals surface area contributed by atoms with Crippen LogP contribution in [-0.4, -0.2) is 54.3 Å². The number of carbonyl (C=O) groups is 1. The topological polar surface area (TPSA) is 48.5 Å². The quantitative estimate of drug-likeness (QED) is 0.779. The number of thioether (sulfide) groups is 1. The fraction of sp³-hybridized carbons (Fsp3) is 0.545. The van der Waals surface area contributed by atoms with E-state index in [1.54, 1.807) is 18.7 Å². The highest BCUT2D eigenvalue weighted by Gasteiger charge is 2.23. The summed E-state index contributed by atoms with van der Waals surface area (Å²) in [7, 11) is 0. The van der Waals surface area contributed by atoms with Gasteiger partial charge in [-0.25, -0.2) is 4.98 Å². The van der Waals surface area contributed by atoms with Gasteiger partial charge in [0.25, 0.3) is 0 Å². The first-order valence-electron chi connectivity index (χ1n) is 10.4. The van der Waals surface area contributed by atoms with Crippen molar-refractivity contribution in [2.45, 2.75) is 50.1 Å². The highest BCUT2D eigenvalue weighted by Crippen LogP contribution is 2.28. The van der Waals surface area contributed by atoms with Gasteiger partial charge in [-0.1, -0.05) is 18.9 Å². The standard InChI is InChI=1S/C22H30N4OS/c1-16(27)25-9-11-26(12-10-25)22-18(15-23-19-5-3-4-6-19)13-17-7-8-20(28-2)14-21(17)24-22/h7-8,13-14,19,23H,3-6,9-12,15H2,1-2H3. The summed E-state index contributed by atoms with van der Waals surface area (Å²) in [5.74, 6) is 1.25. The van der Waals surface area contributed by atoms with Crippen LogP contribution < -0.4 is 10.2 Å². The molecule has 0 radical (unpaired) electrons. The summed E-state index contributed by atoms with van der Waals surface area (Å²) in [5.41, 5.74) is 2.33. The number of piperazine rings is 1. The van der Waals surface area contributed by atoms with Crippen LogP contribution in [0.15, 0.2) is 29.2 Å². The van der Waals surface area contributed by atoms with Gasteiger partial charge < -0.3 is 15.1 Å². The number of pyridine rings is 1. The maximum atomic E-state index is 11.7. The molecule has 0 bridgehead atoms. The number of nitrogens with zero attached hydrogens (tertiary/aromatic N) is 3. The maximum absolute atomic E-state index is 11.7. The van der Waals surface area contributed by atoms with Gasteiger partial charge in [-0.2, -0.15) is 0 Å². The Morgan fingerprint density at radius 1 is 1.18 bits per heavy atom. The third kappa shape index (κ3) is 4.28. The van der Waals surface area contributed by atoms with Gasteiger partial charge in [0.15, 0.2) is 0 Å². The molecule has 1 saturated carbocycles. The number of anilines is 1. The number of fused-ring (bicyclic) bond motifs is 1. The minimum Gasteiger partial charge on any atom is -0.353 e. The summed E-state index contributed by atoms with van der Waals surface area (Å²) in [6.07, 6.45) is 7.34. The summed E-state index contributed by atoms with van der Waals surface area (Å²) >= 11 is 1.75. The lowest BCUT2D eigenvalue weighted by Gasteiger charge is -2.36. The third-order valence-corrected chi connectivity index (χ3v) is 6.77. The van der Waals surface area contributed by atoms with Gasteiger partial charge >= 0.3 is 0 Å². The Bertz CT molecular complexity index is 842. The molecular formula is C22H30N4OS. The molecule has 150 valence electrons. The average Bonchev–Trinajstić information content (AvgIpc) is 3.25. The van der Waals surface area contributed by atoms with Crippen molar-refractivity contribution in [2.75, 3.05) is 37.3 Å². The second-order valence-corrected chi connectivity index (χ2v) is 8.76. The molecule has 2 heterocycles. The second kappa shape index (κ2) is 8.70. The predicted molar refractivity (Wildman–Crippen MR) is 117 cm³/mol. The molecular weight excluding hydrogens is 368 g/mol. The zero-order valence-corrected chi connectivity index (χ0v) is 17.7. The van der Waals surface area contributed by atoms with Crippen molar-refractivity contribution in [3.63, 3.8) is 0 Å². The third-order valence-electron chi connectivity index (χ3n) is 6.04. The van der Waals surface area contributed by atoms with E-state index in [1.807, 2.05) is 4.90 Å². The Kier molecular flexibility index (Phi) is 6.07. The van der Waals surface area contributed by atoms with Gasteiger partial charge in [0, 0.05) is 61.5 Å². The van der Waals surface area contributed by atoms with Gasteiger partial charge in [0.2, 0.25) is 5.91 Å². The van der Waals surface area contributed by atoms with Crippen molar-refractivity contribution in [3.8, 4) is 0 Å². The molecule has 28 heavy (non-hydrogen) atoms. The Balaban J connectivity index is 1.62. The highest BCUT2D eigenvalue weighted by atomic mass is 32.2. The summed E-state index contributed by atoms with van der Waals surface area (Å²) < 4.78 is 0. The second-order valence-electron chi connectivity index (χ2n) is 7.89. The van der Waals surface area contributed by atoms with E-state index in [9.17, 15) is 4.79 Å². The Hall–Kier alpha value is -1.79. The molecule has 1 aliphatic carbocycles. The molecule has 1 aromatic carbocycles. The Labute approximate surface area is 171 Å². The van der Waals surface area contributed by atoms with Crippen LogP contribution in [0.1, 0.15) is 38.2 Å². The normalized spacial score (nSPS) is 18.2. The molecule has 1 amide bonds. The molecule has 4 rings (SSSR count). The molecule has 2 aliphatic rings. The monoisotopic (exact) mass is 398 g/mol. The lowest BCUT2D eigenvalue weighted by molar-refractivity contribution is -0.129. The molecule has 2 aromatic rings. The van der Waals surface area contributed by atoms with Gasteiger partial charge in [-0.15, -0.1) is 11.8 Å². The van der Waals surface area contributed by atoms with Crippen molar-refractivity contribution < 1.29 is 4.79 Å². The number of hydrogen-bond acceptors (Lipinski definition) is 5. The number of amides is 1. The van der Waals surface area contributed by atoms with E-state index in [1.165, 1.54) is 41.5 Å². The van der Waals surface area contributed by atoms with Crippen LogP contribution in [0.2, 0.25) is 0 Å². The fourth-order valence-electron chi connectivity index (χ4n) is 4.33. The number of benzene rings is 1. The lowest BCUT2D eigenvalue weighted by atomic mass is 10.1. The van der Waals surface area contributed by atoms with Crippen molar-refractivity contribution in [1.82, 2.24) is 15.2 Å². The van der Waals surface area contributed by atoms with E-state index in [0.717, 1.165) is 44.1 Å². The number of carbonyl (C=O) groups excluding carboxylic acids is 1. The van der Waals surface area contributed by atoms with Crippen molar-refractivity contribution in [2.24, 2.45) is 0 Å². The molecule has 5 nitrogen and oxygen atoms in total. The zero-order valence-electron chi connectivity index (χ0n) is 16.9. The molecule has 1 aliphatic heterocycles. The summed E-state index contributed by atoms with van der Waals surface area (Å²) in [6, 6.07) is 9.49. The van der Waals surface area contributed by atoms with E-state index >= 15 is 0 Å². The minimum absolute atomic E-state index is 0.166. The summed E-state index contributed by atoms with van der Waals surface area (Å²) in [5, 5.41) is 4.96. The van der Waals surface area contributed by atoms with Crippen molar-refractivity contribution >= 4 is 34.4 Å². The van der Waals surface area contributed by atoms with E-state index < -0.39 is 0 Å². The van der Waals surface area contributed by atoms with Crippen LogP contribution in [0.25, 0.3) is 10.9 Å². The molecule has 2 fully saturated rings. The highest BCUT2D eigenvalue weighted by molar-refractivity contribution is 7.98. The van der Waals surface area contributed by atoms with Crippen LogP contribution in [0, 0.1) is 0 Å². The number of rotatable bonds is 5. The molecule has 0 unspecified atom stereocenters. The van der Waals surface area contributed by atoms with Gasteiger partial charge in [-0.05, 0) is 37.3 Å². The first kappa shape index (κ1) is 19.5. The largest absolute Gasteiger partial charge is 0.353 e. The fourth-order valence-corrected chi connectivity index (χ4v) is 4.76. The van der Waals surface area contributed by atoms with Gasteiger partial charge in [0.1, 0.15) is 5.82 Å². The molecule has 1 aromatic heterocycles. The van der Waals surface area contributed by atoms with Crippen LogP contribution in [0.4, 0.5) is 5.82 Å². The van der Waals surface area contributed by atoms with Gasteiger partial charge in [0.05, 0.1) is 5.52 Å². The SMILES string of the molecule is CSc1ccc2cc(CNC3CCCC3)c(N3CCN(C(C)=O)CC3)nc2c1. The van der Waals surface area contributed by atoms with Gasteiger partial charge in [-0.3, -0.25) is 4.79 Å². The van der Waals surface area contributed by atoms with E-state index in [-0.39, 0.29) is 5.91 Å². The Morgan fingerprint density at radius 3 is 2.61 bits per heavy atom. The molecule has 0 atom stereocenters. The number of aromatic nitrogens is 1. The van der Waals surface area contributed by atoms with Crippen LogP contribution in [0.3, 0.4) is 0 Å².